The number of primary amides is 1. The summed E-state index contributed by atoms with van der Waals surface area (Å²) in [5.74, 6) is 0.324. The Morgan fingerprint density at radius 3 is 2.17 bits per heavy atom. The molecule has 0 spiro atoms. The maximum absolute atomic E-state index is 11.9. The summed E-state index contributed by atoms with van der Waals surface area (Å²) in [5.41, 5.74) is 7.35. The molecule has 23 heavy (non-hydrogen) atoms. The molecule has 2 rings (SSSR count). The lowest BCUT2D eigenvalue weighted by Gasteiger charge is -2.09. The Balaban J connectivity index is 1.86. The van der Waals surface area contributed by atoms with E-state index in [1.165, 1.54) is 5.56 Å². The van der Waals surface area contributed by atoms with E-state index < -0.39 is 5.91 Å². The molecule has 0 aliphatic carbocycles. The third kappa shape index (κ3) is 4.85. The highest BCUT2D eigenvalue weighted by atomic mass is 16.5. The van der Waals surface area contributed by atoms with E-state index in [2.05, 4.69) is 19.2 Å². The Morgan fingerprint density at radius 1 is 1.04 bits per heavy atom. The van der Waals surface area contributed by atoms with Crippen LogP contribution in [0.2, 0.25) is 0 Å². The number of nitrogens with two attached hydrogens (primary N) is 1. The van der Waals surface area contributed by atoms with Crippen molar-refractivity contribution in [1.82, 2.24) is 0 Å². The molecule has 2 aromatic rings. The van der Waals surface area contributed by atoms with Gasteiger partial charge in [0.25, 0.3) is 5.91 Å². The summed E-state index contributed by atoms with van der Waals surface area (Å²) in [6.45, 7) is 4.15. The molecular weight excluding hydrogens is 292 g/mol. The Morgan fingerprint density at radius 2 is 1.65 bits per heavy atom. The van der Waals surface area contributed by atoms with Crippen LogP contribution in [0.5, 0.6) is 5.75 Å². The summed E-state index contributed by atoms with van der Waals surface area (Å²) in [6, 6.07) is 14.0. The number of amides is 2. The molecule has 120 valence electrons. The maximum Gasteiger partial charge on any atom is 0.262 e. The zero-order valence-corrected chi connectivity index (χ0v) is 13.2. The average Bonchev–Trinajstić information content (AvgIpc) is 2.54. The first kappa shape index (κ1) is 16.5. The number of rotatable bonds is 6. The topological polar surface area (TPSA) is 81.4 Å². The van der Waals surface area contributed by atoms with Gasteiger partial charge in [-0.2, -0.15) is 0 Å². The van der Waals surface area contributed by atoms with E-state index >= 15 is 0 Å². The number of benzene rings is 2. The van der Waals surface area contributed by atoms with Gasteiger partial charge in [-0.25, -0.2) is 0 Å². The summed E-state index contributed by atoms with van der Waals surface area (Å²) < 4.78 is 5.45. The number of anilines is 1. The molecule has 0 aliphatic rings. The van der Waals surface area contributed by atoms with E-state index in [4.69, 9.17) is 10.5 Å². The lowest BCUT2D eigenvalue weighted by molar-refractivity contribution is -0.118. The maximum atomic E-state index is 11.9. The van der Waals surface area contributed by atoms with Crippen molar-refractivity contribution >= 4 is 17.5 Å². The first-order valence-corrected chi connectivity index (χ1v) is 7.38. The summed E-state index contributed by atoms with van der Waals surface area (Å²) in [5, 5.41) is 2.69. The summed E-state index contributed by atoms with van der Waals surface area (Å²) >= 11 is 0. The van der Waals surface area contributed by atoms with Gasteiger partial charge in [-0.05, 0) is 47.9 Å². The van der Waals surface area contributed by atoms with Crippen LogP contribution in [-0.2, 0) is 4.79 Å². The molecule has 5 nitrogen and oxygen atoms in total. The Labute approximate surface area is 135 Å². The minimum Gasteiger partial charge on any atom is -0.484 e. The van der Waals surface area contributed by atoms with Crippen LogP contribution in [0.25, 0.3) is 0 Å². The van der Waals surface area contributed by atoms with Crippen LogP contribution in [-0.4, -0.2) is 18.4 Å². The van der Waals surface area contributed by atoms with Crippen LogP contribution in [0.4, 0.5) is 5.69 Å². The third-order valence-electron chi connectivity index (χ3n) is 3.37. The standard InChI is InChI=1S/C18H20N2O3/c1-12(2)13-5-9-16(10-6-13)23-11-17(21)20-15-7-3-14(4-8-15)18(19)22/h3-10,12H,11H2,1-2H3,(H2,19,22)(H,20,21). The molecule has 0 aliphatic heterocycles. The molecule has 0 unspecified atom stereocenters. The highest BCUT2D eigenvalue weighted by molar-refractivity contribution is 5.95. The van der Waals surface area contributed by atoms with E-state index in [0.717, 1.165) is 0 Å². The number of hydrogen-bond donors (Lipinski definition) is 2. The van der Waals surface area contributed by atoms with Crippen LogP contribution in [0.15, 0.2) is 48.5 Å². The average molecular weight is 312 g/mol. The van der Waals surface area contributed by atoms with E-state index in [9.17, 15) is 9.59 Å². The fraction of sp³-hybridized carbons (Fsp3) is 0.222. The van der Waals surface area contributed by atoms with Crippen molar-refractivity contribution in [3.8, 4) is 5.75 Å². The van der Waals surface area contributed by atoms with Crippen LogP contribution in [0.3, 0.4) is 0 Å². The van der Waals surface area contributed by atoms with Crippen LogP contribution in [0, 0.1) is 0 Å². The molecule has 0 bridgehead atoms. The molecule has 2 aromatic carbocycles. The van der Waals surface area contributed by atoms with Gasteiger partial charge in [-0.3, -0.25) is 9.59 Å². The quantitative estimate of drug-likeness (QED) is 0.860. The van der Waals surface area contributed by atoms with Gasteiger partial charge in [-0.1, -0.05) is 26.0 Å². The van der Waals surface area contributed by atoms with Gasteiger partial charge in [0, 0.05) is 11.3 Å². The normalized spacial score (nSPS) is 10.4. The molecule has 0 atom stereocenters. The number of carbonyl (C=O) groups is 2. The van der Waals surface area contributed by atoms with Crippen LogP contribution >= 0.6 is 0 Å². The van der Waals surface area contributed by atoms with E-state index in [1.54, 1.807) is 24.3 Å². The number of ether oxygens (including phenoxy) is 1. The monoisotopic (exact) mass is 312 g/mol. The zero-order chi connectivity index (χ0) is 16.8. The SMILES string of the molecule is CC(C)c1ccc(OCC(=O)Nc2ccc(C(N)=O)cc2)cc1. The molecule has 0 fully saturated rings. The van der Waals surface area contributed by atoms with E-state index in [1.807, 2.05) is 24.3 Å². The van der Waals surface area contributed by atoms with Crippen LogP contribution in [0.1, 0.15) is 35.7 Å². The Bertz CT molecular complexity index is 676. The molecule has 0 heterocycles. The van der Waals surface area contributed by atoms with Crippen molar-refractivity contribution in [2.24, 2.45) is 5.73 Å². The molecule has 0 saturated carbocycles. The summed E-state index contributed by atoms with van der Waals surface area (Å²) in [7, 11) is 0. The second-order valence-electron chi connectivity index (χ2n) is 5.50. The Hall–Kier alpha value is -2.82. The molecule has 0 aromatic heterocycles. The highest BCUT2D eigenvalue weighted by Gasteiger charge is 2.06. The van der Waals surface area contributed by atoms with Gasteiger partial charge in [0.2, 0.25) is 5.91 Å². The second kappa shape index (κ2) is 7.45. The number of carbonyl (C=O) groups excluding carboxylic acids is 2. The van der Waals surface area contributed by atoms with Gasteiger partial charge in [0.1, 0.15) is 5.75 Å². The number of nitrogens with one attached hydrogen (secondary N) is 1. The van der Waals surface area contributed by atoms with Crippen molar-refractivity contribution in [2.45, 2.75) is 19.8 Å². The van der Waals surface area contributed by atoms with Gasteiger partial charge in [0.05, 0.1) is 0 Å². The van der Waals surface area contributed by atoms with Gasteiger partial charge in [0.15, 0.2) is 6.61 Å². The molecule has 0 saturated heterocycles. The molecule has 2 amide bonds. The Kier molecular flexibility index (Phi) is 5.36. The fourth-order valence-electron chi connectivity index (χ4n) is 2.01. The summed E-state index contributed by atoms with van der Waals surface area (Å²) in [4.78, 5) is 22.8. The van der Waals surface area contributed by atoms with Gasteiger partial charge in [-0.15, -0.1) is 0 Å². The highest BCUT2D eigenvalue weighted by Crippen LogP contribution is 2.18. The van der Waals surface area contributed by atoms with E-state index in [-0.39, 0.29) is 12.5 Å². The lowest BCUT2D eigenvalue weighted by atomic mass is 10.0. The summed E-state index contributed by atoms with van der Waals surface area (Å²) in [6.07, 6.45) is 0. The van der Waals surface area contributed by atoms with Crippen molar-refractivity contribution in [2.75, 3.05) is 11.9 Å². The first-order chi connectivity index (χ1) is 11.0. The molecular formula is C18H20N2O3. The smallest absolute Gasteiger partial charge is 0.262 e. The van der Waals surface area contributed by atoms with Crippen molar-refractivity contribution in [3.63, 3.8) is 0 Å². The predicted molar refractivity (Wildman–Crippen MR) is 89.6 cm³/mol. The van der Waals surface area contributed by atoms with Crippen LogP contribution < -0.4 is 15.8 Å². The van der Waals surface area contributed by atoms with Crippen molar-refractivity contribution in [1.29, 1.82) is 0 Å². The molecule has 0 radical (unpaired) electrons. The van der Waals surface area contributed by atoms with Crippen molar-refractivity contribution in [3.05, 3.63) is 59.7 Å². The lowest BCUT2D eigenvalue weighted by Crippen LogP contribution is -2.20. The first-order valence-electron chi connectivity index (χ1n) is 7.38. The second-order valence-corrected chi connectivity index (χ2v) is 5.50. The molecule has 5 heteroatoms. The van der Waals surface area contributed by atoms with Gasteiger partial charge < -0.3 is 15.8 Å². The third-order valence-corrected chi connectivity index (χ3v) is 3.37. The molecule has 3 N–H and O–H groups in total. The van der Waals surface area contributed by atoms with E-state index in [0.29, 0.717) is 22.9 Å². The number of hydrogen-bond acceptors (Lipinski definition) is 3. The minimum absolute atomic E-state index is 0.0847. The zero-order valence-electron chi connectivity index (χ0n) is 13.2. The fourth-order valence-corrected chi connectivity index (χ4v) is 2.01. The largest absolute Gasteiger partial charge is 0.484 e. The predicted octanol–water partition coefficient (Wildman–Crippen LogP) is 2.93. The minimum atomic E-state index is -0.504. The van der Waals surface area contributed by atoms with Gasteiger partial charge >= 0.3 is 0 Å². The van der Waals surface area contributed by atoms with Crippen molar-refractivity contribution < 1.29 is 14.3 Å².